The van der Waals surface area contributed by atoms with Gasteiger partial charge in [-0.3, -0.25) is 9.78 Å². The quantitative estimate of drug-likeness (QED) is 0.165. The molecule has 0 bridgehead atoms. The Balaban J connectivity index is 0.000000191. The Morgan fingerprint density at radius 1 is 1.02 bits per heavy atom. The lowest BCUT2D eigenvalue weighted by atomic mass is 10.1. The van der Waals surface area contributed by atoms with Crippen LogP contribution >= 0.6 is 0 Å². The predicted octanol–water partition coefficient (Wildman–Crippen LogP) is 6.60. The SMILES string of the molecule is CNc1ccc(Oc2ccnc3cc(-c4cnn(CF)c4)ccc23)cc1.O=CC1(C(=O)Nc2ccc(F)cc2)CC1. The first-order valence-electron chi connectivity index (χ1n) is 12.9. The second-order valence-electron chi connectivity index (χ2n) is 9.54. The fourth-order valence-corrected chi connectivity index (χ4v) is 4.11. The fraction of sp³-hybridized carbons (Fsp3) is 0.161. The monoisotopic (exact) mass is 555 g/mol. The number of anilines is 2. The molecule has 0 spiro atoms. The number of nitrogens with zero attached hydrogens (tertiary/aromatic N) is 3. The number of fused-ring (bicyclic) bond motifs is 1. The Labute approximate surface area is 235 Å². The van der Waals surface area contributed by atoms with E-state index in [4.69, 9.17) is 4.74 Å². The molecule has 0 aliphatic heterocycles. The van der Waals surface area contributed by atoms with Crippen molar-refractivity contribution in [2.45, 2.75) is 19.6 Å². The summed E-state index contributed by atoms with van der Waals surface area (Å²) in [4.78, 5) is 26.7. The van der Waals surface area contributed by atoms with E-state index in [1.165, 1.54) is 28.9 Å². The molecular weight excluding hydrogens is 528 g/mol. The van der Waals surface area contributed by atoms with E-state index in [0.717, 1.165) is 39.2 Å². The molecule has 0 radical (unpaired) electrons. The molecule has 208 valence electrons. The molecule has 2 heterocycles. The zero-order chi connectivity index (χ0) is 28.8. The summed E-state index contributed by atoms with van der Waals surface area (Å²) in [7, 11) is 1.88. The Bertz CT molecular complexity index is 1670. The van der Waals surface area contributed by atoms with Crippen molar-refractivity contribution in [1.82, 2.24) is 14.8 Å². The number of rotatable bonds is 8. The van der Waals surface area contributed by atoms with Gasteiger partial charge in [0.05, 0.1) is 11.7 Å². The van der Waals surface area contributed by atoms with Crippen LogP contribution in [0.1, 0.15) is 12.8 Å². The van der Waals surface area contributed by atoms with Crippen LogP contribution in [0.2, 0.25) is 0 Å². The summed E-state index contributed by atoms with van der Waals surface area (Å²) in [6.07, 6.45) is 6.92. The number of nitrogens with one attached hydrogen (secondary N) is 2. The molecule has 3 aromatic carbocycles. The van der Waals surface area contributed by atoms with E-state index in [-0.39, 0.29) is 11.7 Å². The number of pyridine rings is 1. The van der Waals surface area contributed by atoms with Crippen LogP contribution in [-0.2, 0) is 16.4 Å². The van der Waals surface area contributed by atoms with Gasteiger partial charge in [-0.25, -0.2) is 13.5 Å². The van der Waals surface area contributed by atoms with E-state index in [0.29, 0.717) is 24.8 Å². The number of ether oxygens (including phenoxy) is 1. The molecule has 8 nitrogen and oxygen atoms in total. The Morgan fingerprint density at radius 2 is 1.76 bits per heavy atom. The maximum absolute atomic E-state index is 12.7. The maximum Gasteiger partial charge on any atom is 0.237 e. The van der Waals surface area contributed by atoms with E-state index >= 15 is 0 Å². The third-order valence-electron chi connectivity index (χ3n) is 6.73. The zero-order valence-electron chi connectivity index (χ0n) is 22.2. The zero-order valence-corrected chi connectivity index (χ0v) is 22.2. The van der Waals surface area contributed by atoms with Crippen LogP contribution in [0.5, 0.6) is 11.5 Å². The van der Waals surface area contributed by atoms with Crippen molar-refractivity contribution >= 4 is 34.5 Å². The fourth-order valence-electron chi connectivity index (χ4n) is 4.11. The van der Waals surface area contributed by atoms with Crippen molar-refractivity contribution in [2.75, 3.05) is 17.7 Å². The molecule has 0 saturated heterocycles. The molecule has 1 aliphatic rings. The number of carbonyl (C=O) groups excluding carboxylic acids is 2. The minimum absolute atomic E-state index is 0.302. The van der Waals surface area contributed by atoms with Crippen LogP contribution in [0.3, 0.4) is 0 Å². The number of carbonyl (C=O) groups is 2. The van der Waals surface area contributed by atoms with Gasteiger partial charge in [-0.2, -0.15) is 5.10 Å². The number of halogens is 2. The lowest BCUT2D eigenvalue weighted by Gasteiger charge is -2.10. The number of benzene rings is 3. The lowest BCUT2D eigenvalue weighted by molar-refractivity contribution is -0.126. The van der Waals surface area contributed by atoms with Gasteiger partial charge in [0.25, 0.3) is 0 Å². The topological polar surface area (TPSA) is 98.1 Å². The molecule has 6 rings (SSSR count). The largest absolute Gasteiger partial charge is 0.457 e. The van der Waals surface area contributed by atoms with E-state index in [1.807, 2.05) is 55.6 Å². The number of amides is 1. The molecular formula is C31H27F2N5O3. The second kappa shape index (κ2) is 12.0. The average Bonchev–Trinajstić information content (AvgIpc) is 3.67. The highest BCUT2D eigenvalue weighted by molar-refractivity contribution is 6.07. The molecule has 41 heavy (non-hydrogen) atoms. The van der Waals surface area contributed by atoms with Crippen LogP contribution in [0, 0.1) is 11.2 Å². The van der Waals surface area contributed by atoms with Gasteiger partial charge in [0.15, 0.2) is 6.80 Å². The number of alkyl halides is 1. The van der Waals surface area contributed by atoms with E-state index in [2.05, 4.69) is 20.7 Å². The molecule has 5 aromatic rings. The van der Waals surface area contributed by atoms with Gasteiger partial charge in [0.2, 0.25) is 5.91 Å². The second-order valence-corrected chi connectivity index (χ2v) is 9.54. The maximum atomic E-state index is 12.7. The van der Waals surface area contributed by atoms with Crippen molar-refractivity contribution in [1.29, 1.82) is 0 Å². The average molecular weight is 556 g/mol. The van der Waals surface area contributed by atoms with Crippen molar-refractivity contribution in [3.63, 3.8) is 0 Å². The minimum Gasteiger partial charge on any atom is -0.457 e. The lowest BCUT2D eigenvalue weighted by Crippen LogP contribution is -2.25. The Morgan fingerprint density at radius 3 is 2.39 bits per heavy atom. The first-order valence-corrected chi connectivity index (χ1v) is 12.9. The summed E-state index contributed by atoms with van der Waals surface area (Å²) in [5, 5.41) is 10.5. The molecule has 2 aromatic heterocycles. The number of aldehydes is 1. The standard InChI is InChI=1S/C20H17FN4O.C11H10FNO2/c1-22-16-3-5-17(6-4-16)26-20-8-9-23-19-10-14(2-7-18(19)20)15-11-24-25(12-15)13-21;12-8-1-3-9(4-2-8)13-10(15)11(7-14)5-6-11/h2-12,22H,13H2,1H3;1-4,7H,5-6H2,(H,13,15). The molecule has 0 unspecified atom stereocenters. The molecule has 1 aliphatic carbocycles. The van der Waals surface area contributed by atoms with E-state index in [9.17, 15) is 18.4 Å². The van der Waals surface area contributed by atoms with Gasteiger partial charge in [-0.15, -0.1) is 0 Å². The summed E-state index contributed by atoms with van der Waals surface area (Å²) in [6, 6.07) is 20.9. The van der Waals surface area contributed by atoms with Crippen LogP contribution in [0.4, 0.5) is 20.2 Å². The summed E-state index contributed by atoms with van der Waals surface area (Å²) in [5.74, 6) is 0.830. The first kappa shape index (κ1) is 27.4. The number of aromatic nitrogens is 3. The molecule has 1 amide bonds. The highest BCUT2D eigenvalue weighted by Crippen LogP contribution is 2.44. The molecule has 1 saturated carbocycles. The van der Waals surface area contributed by atoms with Gasteiger partial charge in [0.1, 0.15) is 29.0 Å². The summed E-state index contributed by atoms with van der Waals surface area (Å²) >= 11 is 0. The Kier molecular flexibility index (Phi) is 8.00. The van der Waals surface area contributed by atoms with Crippen LogP contribution < -0.4 is 15.4 Å². The molecule has 0 atom stereocenters. The van der Waals surface area contributed by atoms with Crippen molar-refractivity contribution < 1.29 is 23.1 Å². The summed E-state index contributed by atoms with van der Waals surface area (Å²) in [6.45, 7) is -0.643. The van der Waals surface area contributed by atoms with Crippen molar-refractivity contribution in [3.05, 3.63) is 97.2 Å². The van der Waals surface area contributed by atoms with Crippen LogP contribution in [0.15, 0.2) is 91.4 Å². The minimum atomic E-state index is -0.825. The van der Waals surface area contributed by atoms with Crippen LogP contribution in [-0.4, -0.2) is 34.0 Å². The third kappa shape index (κ3) is 6.38. The number of hydrogen-bond acceptors (Lipinski definition) is 6. The highest BCUT2D eigenvalue weighted by atomic mass is 19.1. The van der Waals surface area contributed by atoms with Crippen molar-refractivity contribution in [2.24, 2.45) is 5.41 Å². The van der Waals surface area contributed by atoms with E-state index < -0.39 is 12.2 Å². The Hall–Kier alpha value is -5.12. The number of hydrogen-bond donors (Lipinski definition) is 2. The van der Waals surface area contributed by atoms with Gasteiger partial charge >= 0.3 is 0 Å². The summed E-state index contributed by atoms with van der Waals surface area (Å²) < 4.78 is 32.5. The summed E-state index contributed by atoms with van der Waals surface area (Å²) in [5.41, 5.74) is 3.29. The molecule has 10 heteroatoms. The highest BCUT2D eigenvalue weighted by Gasteiger charge is 2.50. The predicted molar refractivity (Wildman–Crippen MR) is 153 cm³/mol. The van der Waals surface area contributed by atoms with Crippen molar-refractivity contribution in [3.8, 4) is 22.6 Å². The van der Waals surface area contributed by atoms with Gasteiger partial charge in [0, 0.05) is 41.8 Å². The van der Waals surface area contributed by atoms with E-state index in [1.54, 1.807) is 18.6 Å². The third-order valence-corrected chi connectivity index (χ3v) is 6.73. The normalized spacial score (nSPS) is 13.0. The van der Waals surface area contributed by atoms with Gasteiger partial charge in [-0.1, -0.05) is 6.07 Å². The molecule has 1 fully saturated rings. The van der Waals surface area contributed by atoms with Gasteiger partial charge < -0.3 is 20.2 Å². The van der Waals surface area contributed by atoms with Gasteiger partial charge in [-0.05, 0) is 85.1 Å². The smallest absolute Gasteiger partial charge is 0.237 e. The first-order chi connectivity index (χ1) is 19.9. The van der Waals surface area contributed by atoms with Crippen LogP contribution in [0.25, 0.3) is 22.0 Å². The molecule has 2 N–H and O–H groups in total.